The average Bonchev–Trinajstić information content (AvgIpc) is 2.86. The van der Waals surface area contributed by atoms with E-state index >= 15 is 0 Å². The fraction of sp³-hybridized carbons (Fsp3) is 0.174. The monoisotopic (exact) mass is 339 g/mol. The smallest absolute Gasteiger partial charge is 0.0991 e. The standard InChI is InChI=1S/C23H21N3/c1-26-16-21-13-20(19-9-5-6-17(12-19)14-24)10-11-22(21)25-15-23(26)18-7-3-2-4-8-18/h2-13,23,25H,15-16H2,1H3. The van der Waals surface area contributed by atoms with Crippen molar-refractivity contribution in [2.24, 2.45) is 0 Å². The first kappa shape index (κ1) is 16.4. The average molecular weight is 339 g/mol. The number of nitrogens with one attached hydrogen (secondary N) is 1. The van der Waals surface area contributed by atoms with Crippen molar-refractivity contribution in [1.82, 2.24) is 4.90 Å². The fourth-order valence-electron chi connectivity index (χ4n) is 3.63. The molecule has 0 aliphatic carbocycles. The normalized spacial score (nSPS) is 16.8. The molecule has 1 aliphatic heterocycles. The Labute approximate surface area is 154 Å². The van der Waals surface area contributed by atoms with Gasteiger partial charge in [0.1, 0.15) is 0 Å². The van der Waals surface area contributed by atoms with Crippen molar-refractivity contribution < 1.29 is 0 Å². The molecule has 1 unspecified atom stereocenters. The van der Waals surface area contributed by atoms with Gasteiger partial charge in [-0.2, -0.15) is 5.26 Å². The molecular weight excluding hydrogens is 318 g/mol. The fourth-order valence-corrected chi connectivity index (χ4v) is 3.63. The molecule has 3 aromatic rings. The summed E-state index contributed by atoms with van der Waals surface area (Å²) in [7, 11) is 2.18. The number of hydrogen-bond donors (Lipinski definition) is 1. The summed E-state index contributed by atoms with van der Waals surface area (Å²) < 4.78 is 0. The van der Waals surface area contributed by atoms with Crippen LogP contribution in [0, 0.1) is 11.3 Å². The summed E-state index contributed by atoms with van der Waals surface area (Å²) >= 11 is 0. The number of hydrogen-bond acceptors (Lipinski definition) is 3. The van der Waals surface area contributed by atoms with Crippen LogP contribution in [0.2, 0.25) is 0 Å². The van der Waals surface area contributed by atoms with Gasteiger partial charge in [0, 0.05) is 18.8 Å². The van der Waals surface area contributed by atoms with E-state index in [1.165, 1.54) is 16.8 Å². The van der Waals surface area contributed by atoms with Gasteiger partial charge in [0.2, 0.25) is 0 Å². The molecular formula is C23H21N3. The van der Waals surface area contributed by atoms with Gasteiger partial charge in [0.05, 0.1) is 17.7 Å². The number of nitrogens with zero attached hydrogens (tertiary/aromatic N) is 2. The molecule has 26 heavy (non-hydrogen) atoms. The molecule has 3 aromatic carbocycles. The van der Waals surface area contributed by atoms with Gasteiger partial charge in [0.25, 0.3) is 0 Å². The number of benzene rings is 3. The molecule has 3 nitrogen and oxygen atoms in total. The van der Waals surface area contributed by atoms with Crippen LogP contribution in [0.15, 0.2) is 72.8 Å². The molecule has 4 rings (SSSR count). The lowest BCUT2D eigenvalue weighted by atomic mass is 10.00. The second-order valence-electron chi connectivity index (χ2n) is 6.79. The maximum atomic E-state index is 9.14. The van der Waals surface area contributed by atoms with Crippen LogP contribution >= 0.6 is 0 Å². The van der Waals surface area contributed by atoms with Crippen LogP contribution in [0.4, 0.5) is 5.69 Å². The van der Waals surface area contributed by atoms with Crippen molar-refractivity contribution in [2.75, 3.05) is 18.9 Å². The van der Waals surface area contributed by atoms with Crippen LogP contribution in [-0.2, 0) is 6.54 Å². The highest BCUT2D eigenvalue weighted by Crippen LogP contribution is 2.32. The zero-order valence-electron chi connectivity index (χ0n) is 14.8. The molecule has 0 radical (unpaired) electrons. The minimum Gasteiger partial charge on any atom is -0.383 e. The second kappa shape index (κ2) is 7.03. The zero-order valence-corrected chi connectivity index (χ0v) is 14.8. The van der Waals surface area contributed by atoms with E-state index in [4.69, 9.17) is 5.26 Å². The number of rotatable bonds is 2. The summed E-state index contributed by atoms with van der Waals surface area (Å²) in [6.07, 6.45) is 0. The lowest BCUT2D eigenvalue weighted by molar-refractivity contribution is 0.252. The van der Waals surface area contributed by atoms with Crippen LogP contribution in [0.25, 0.3) is 11.1 Å². The third-order valence-electron chi connectivity index (χ3n) is 5.05. The van der Waals surface area contributed by atoms with E-state index in [2.05, 4.69) is 77.9 Å². The molecule has 1 aliphatic rings. The molecule has 128 valence electrons. The van der Waals surface area contributed by atoms with Crippen molar-refractivity contribution in [1.29, 1.82) is 5.26 Å². The highest BCUT2D eigenvalue weighted by atomic mass is 15.2. The summed E-state index contributed by atoms with van der Waals surface area (Å²) in [6, 6.07) is 27.5. The minimum absolute atomic E-state index is 0.342. The van der Waals surface area contributed by atoms with Crippen molar-refractivity contribution in [2.45, 2.75) is 12.6 Å². The Morgan fingerprint density at radius 3 is 2.58 bits per heavy atom. The summed E-state index contributed by atoms with van der Waals surface area (Å²) in [5, 5.41) is 12.8. The summed E-state index contributed by atoms with van der Waals surface area (Å²) in [5.74, 6) is 0. The molecule has 1 N–H and O–H groups in total. The van der Waals surface area contributed by atoms with Gasteiger partial charge in [-0.25, -0.2) is 0 Å². The molecule has 1 atom stereocenters. The van der Waals surface area contributed by atoms with Crippen molar-refractivity contribution in [3.63, 3.8) is 0 Å². The quantitative estimate of drug-likeness (QED) is 0.727. The van der Waals surface area contributed by atoms with Crippen LogP contribution < -0.4 is 5.32 Å². The Balaban J connectivity index is 1.65. The van der Waals surface area contributed by atoms with Crippen molar-refractivity contribution in [3.8, 4) is 17.2 Å². The predicted octanol–water partition coefficient (Wildman–Crippen LogP) is 4.82. The van der Waals surface area contributed by atoms with Gasteiger partial charge in [-0.3, -0.25) is 4.90 Å². The molecule has 1 heterocycles. The lowest BCUT2D eigenvalue weighted by Gasteiger charge is -2.25. The largest absolute Gasteiger partial charge is 0.383 e. The zero-order chi connectivity index (χ0) is 17.9. The maximum Gasteiger partial charge on any atom is 0.0991 e. The Kier molecular flexibility index (Phi) is 4.43. The number of fused-ring (bicyclic) bond motifs is 1. The first-order chi connectivity index (χ1) is 12.7. The topological polar surface area (TPSA) is 39.1 Å². The maximum absolute atomic E-state index is 9.14. The highest BCUT2D eigenvalue weighted by molar-refractivity contribution is 5.70. The predicted molar refractivity (Wildman–Crippen MR) is 106 cm³/mol. The van der Waals surface area contributed by atoms with E-state index in [9.17, 15) is 0 Å². The summed E-state index contributed by atoms with van der Waals surface area (Å²) in [4.78, 5) is 2.39. The lowest BCUT2D eigenvalue weighted by Crippen LogP contribution is -2.26. The van der Waals surface area contributed by atoms with Gasteiger partial charge >= 0.3 is 0 Å². The van der Waals surface area contributed by atoms with E-state index in [0.717, 1.165) is 24.2 Å². The van der Waals surface area contributed by atoms with Crippen LogP contribution in [-0.4, -0.2) is 18.5 Å². The molecule has 0 saturated carbocycles. The third-order valence-corrected chi connectivity index (χ3v) is 5.05. The minimum atomic E-state index is 0.342. The molecule has 0 spiro atoms. The van der Waals surface area contributed by atoms with Gasteiger partial charge in [-0.1, -0.05) is 48.5 Å². The second-order valence-corrected chi connectivity index (χ2v) is 6.79. The third kappa shape index (κ3) is 3.20. The summed E-state index contributed by atoms with van der Waals surface area (Å²) in [6.45, 7) is 1.77. The summed E-state index contributed by atoms with van der Waals surface area (Å²) in [5.41, 5.74) is 6.72. The molecule has 0 aromatic heterocycles. The molecule has 0 fully saturated rings. The molecule has 3 heteroatoms. The first-order valence-corrected chi connectivity index (χ1v) is 8.87. The van der Waals surface area contributed by atoms with Gasteiger partial charge in [-0.15, -0.1) is 0 Å². The van der Waals surface area contributed by atoms with Gasteiger partial charge in [0.15, 0.2) is 0 Å². The van der Waals surface area contributed by atoms with Crippen LogP contribution in [0.3, 0.4) is 0 Å². The SMILES string of the molecule is CN1Cc2cc(-c3cccc(C#N)c3)ccc2NCC1c1ccccc1. The molecule has 0 saturated heterocycles. The Morgan fingerprint density at radius 1 is 0.962 bits per heavy atom. The Hall–Kier alpha value is -3.09. The van der Waals surface area contributed by atoms with Crippen molar-refractivity contribution >= 4 is 5.69 Å². The molecule has 0 bridgehead atoms. The van der Waals surface area contributed by atoms with E-state index in [0.29, 0.717) is 11.6 Å². The van der Waals surface area contributed by atoms with Crippen molar-refractivity contribution in [3.05, 3.63) is 89.5 Å². The van der Waals surface area contributed by atoms with E-state index in [-0.39, 0.29) is 0 Å². The van der Waals surface area contributed by atoms with E-state index in [1.54, 1.807) is 0 Å². The van der Waals surface area contributed by atoms with Crippen LogP contribution in [0.1, 0.15) is 22.7 Å². The number of likely N-dealkylation sites (N-methyl/N-ethyl adjacent to an activating group) is 1. The van der Waals surface area contributed by atoms with Gasteiger partial charge in [-0.05, 0) is 53.6 Å². The van der Waals surface area contributed by atoms with E-state index in [1.807, 2.05) is 18.2 Å². The Morgan fingerprint density at radius 2 is 1.77 bits per heavy atom. The van der Waals surface area contributed by atoms with E-state index < -0.39 is 0 Å². The van der Waals surface area contributed by atoms with Crippen LogP contribution in [0.5, 0.6) is 0 Å². The first-order valence-electron chi connectivity index (χ1n) is 8.87. The number of nitriles is 1. The number of anilines is 1. The highest BCUT2D eigenvalue weighted by Gasteiger charge is 2.22. The Bertz CT molecular complexity index is 957. The van der Waals surface area contributed by atoms with Gasteiger partial charge < -0.3 is 5.32 Å². The molecule has 0 amide bonds.